The molecule has 25 heavy (non-hydrogen) atoms. The van der Waals surface area contributed by atoms with Crippen LogP contribution in [-0.2, 0) is 0 Å². The van der Waals surface area contributed by atoms with Crippen molar-refractivity contribution in [3.63, 3.8) is 0 Å². The second-order valence-electron chi connectivity index (χ2n) is 5.27. The number of rotatable bonds is 5. The first-order chi connectivity index (χ1) is 12.3. The first-order valence-electron chi connectivity index (χ1n) is 7.72. The number of fused-ring (bicyclic) bond motifs is 1. The lowest BCUT2D eigenvalue weighted by Gasteiger charge is -2.18. The number of hydrogen-bond donors (Lipinski definition) is 0. The second kappa shape index (κ2) is 6.98. The molecule has 0 saturated heterocycles. The van der Waals surface area contributed by atoms with E-state index < -0.39 is 0 Å². The predicted octanol–water partition coefficient (Wildman–Crippen LogP) is 3.48. The Morgan fingerprint density at radius 3 is 2.84 bits per heavy atom. The van der Waals surface area contributed by atoms with E-state index in [9.17, 15) is 4.79 Å². The van der Waals surface area contributed by atoms with E-state index in [0.717, 1.165) is 0 Å². The average Bonchev–Trinajstić information content (AvgIpc) is 3.21. The molecule has 1 aromatic carbocycles. The fourth-order valence-corrected chi connectivity index (χ4v) is 3.13. The van der Waals surface area contributed by atoms with Gasteiger partial charge in [0, 0.05) is 11.8 Å². The minimum atomic E-state index is -0.0195. The Kier molecular flexibility index (Phi) is 4.39. The number of nitrogens with zero attached hydrogens (tertiary/aromatic N) is 2. The first kappa shape index (κ1) is 15.7. The van der Waals surface area contributed by atoms with Gasteiger partial charge in [0.2, 0.25) is 0 Å². The quantitative estimate of drug-likeness (QED) is 0.394. The second-order valence-corrected chi connectivity index (χ2v) is 6.21. The molecule has 4 rings (SSSR count). The van der Waals surface area contributed by atoms with Crippen LogP contribution in [0.1, 0.15) is 10.4 Å². The topological polar surface area (TPSA) is 74.5 Å². The molecule has 0 aliphatic carbocycles. The average molecular weight is 354 g/mol. The van der Waals surface area contributed by atoms with Crippen LogP contribution in [0.3, 0.4) is 0 Å². The third-order valence-electron chi connectivity index (χ3n) is 3.60. The fraction of sp³-hybridized carbons (Fsp3) is 0.167. The van der Waals surface area contributed by atoms with E-state index in [2.05, 4.69) is 9.97 Å². The van der Waals surface area contributed by atoms with Crippen LogP contribution >= 0.6 is 11.8 Å². The van der Waals surface area contributed by atoms with E-state index in [4.69, 9.17) is 13.9 Å². The van der Waals surface area contributed by atoms with Crippen LogP contribution < -0.4 is 9.47 Å². The molecule has 2 aromatic heterocycles. The number of benzene rings is 1. The van der Waals surface area contributed by atoms with E-state index in [1.807, 2.05) is 6.07 Å². The summed E-state index contributed by atoms with van der Waals surface area (Å²) in [6.07, 6.45) is 3.25. The highest BCUT2D eigenvalue weighted by molar-refractivity contribution is 7.99. The number of ketones is 1. The van der Waals surface area contributed by atoms with Crippen molar-refractivity contribution in [1.82, 2.24) is 9.97 Å². The molecule has 3 heterocycles. The van der Waals surface area contributed by atoms with E-state index in [0.29, 0.717) is 46.9 Å². The van der Waals surface area contributed by atoms with Crippen LogP contribution in [0.15, 0.2) is 58.4 Å². The first-order valence-corrected chi connectivity index (χ1v) is 8.71. The van der Waals surface area contributed by atoms with Gasteiger partial charge in [0.05, 0.1) is 12.0 Å². The maximum absolute atomic E-state index is 12.4. The van der Waals surface area contributed by atoms with Gasteiger partial charge < -0.3 is 13.9 Å². The fourth-order valence-electron chi connectivity index (χ4n) is 2.40. The summed E-state index contributed by atoms with van der Waals surface area (Å²) in [4.78, 5) is 21.0. The molecule has 0 spiro atoms. The Labute approximate surface area is 148 Å². The van der Waals surface area contributed by atoms with Gasteiger partial charge in [-0.1, -0.05) is 11.8 Å². The number of thioether (sulfide) groups is 1. The minimum Gasteiger partial charge on any atom is -0.486 e. The van der Waals surface area contributed by atoms with Crippen LogP contribution in [0.25, 0.3) is 11.5 Å². The van der Waals surface area contributed by atoms with Crippen LogP contribution in [-0.4, -0.2) is 34.7 Å². The van der Waals surface area contributed by atoms with Gasteiger partial charge in [0.15, 0.2) is 28.2 Å². The molecule has 0 atom stereocenters. The van der Waals surface area contributed by atoms with Crippen molar-refractivity contribution in [1.29, 1.82) is 0 Å². The summed E-state index contributed by atoms with van der Waals surface area (Å²) in [5.74, 6) is 2.17. The number of carbonyl (C=O) groups excluding carboxylic acids is 1. The Bertz CT molecular complexity index is 896. The molecule has 0 saturated carbocycles. The van der Waals surface area contributed by atoms with Gasteiger partial charge in [-0.2, -0.15) is 0 Å². The van der Waals surface area contributed by atoms with Gasteiger partial charge in [0.1, 0.15) is 18.9 Å². The van der Waals surface area contributed by atoms with Crippen LogP contribution in [0.5, 0.6) is 11.5 Å². The van der Waals surface area contributed by atoms with E-state index >= 15 is 0 Å². The molecule has 0 unspecified atom stereocenters. The highest BCUT2D eigenvalue weighted by atomic mass is 32.2. The van der Waals surface area contributed by atoms with Gasteiger partial charge in [-0.15, -0.1) is 0 Å². The van der Waals surface area contributed by atoms with Crippen molar-refractivity contribution in [2.45, 2.75) is 5.16 Å². The van der Waals surface area contributed by atoms with Crippen molar-refractivity contribution >= 4 is 17.5 Å². The summed E-state index contributed by atoms with van der Waals surface area (Å²) in [5, 5.41) is 0.528. The highest BCUT2D eigenvalue weighted by Gasteiger charge is 2.15. The SMILES string of the molecule is O=C(CSc1nccc(-c2ccco2)n1)c1ccc2c(c1)OCCO2. The van der Waals surface area contributed by atoms with Gasteiger partial charge in [-0.05, 0) is 36.4 Å². The Morgan fingerprint density at radius 1 is 1.12 bits per heavy atom. The lowest BCUT2D eigenvalue weighted by molar-refractivity contribution is 0.102. The molecular weight excluding hydrogens is 340 g/mol. The van der Waals surface area contributed by atoms with Gasteiger partial charge >= 0.3 is 0 Å². The lowest BCUT2D eigenvalue weighted by atomic mass is 10.1. The smallest absolute Gasteiger partial charge is 0.188 e. The van der Waals surface area contributed by atoms with Crippen molar-refractivity contribution in [3.05, 3.63) is 54.4 Å². The molecule has 0 N–H and O–H groups in total. The zero-order valence-corrected chi connectivity index (χ0v) is 14.0. The molecule has 0 bridgehead atoms. The number of hydrogen-bond acceptors (Lipinski definition) is 7. The maximum atomic E-state index is 12.4. The number of aromatic nitrogens is 2. The molecule has 1 aliphatic heterocycles. The summed E-state index contributed by atoms with van der Waals surface area (Å²) in [5.41, 5.74) is 1.27. The number of furan rings is 1. The molecule has 6 nitrogen and oxygen atoms in total. The summed E-state index contributed by atoms with van der Waals surface area (Å²) in [6, 6.07) is 10.6. The van der Waals surface area contributed by atoms with Crippen molar-refractivity contribution < 1.29 is 18.7 Å². The monoisotopic (exact) mass is 354 g/mol. The Morgan fingerprint density at radius 2 is 2.00 bits per heavy atom. The zero-order valence-electron chi connectivity index (χ0n) is 13.2. The zero-order chi connectivity index (χ0) is 17.1. The van der Waals surface area contributed by atoms with E-state index in [1.165, 1.54) is 11.8 Å². The van der Waals surface area contributed by atoms with Gasteiger partial charge in [-0.3, -0.25) is 4.79 Å². The third-order valence-corrected chi connectivity index (χ3v) is 4.47. The molecule has 126 valence electrons. The summed E-state index contributed by atoms with van der Waals surface area (Å²) in [6.45, 7) is 1.02. The summed E-state index contributed by atoms with van der Waals surface area (Å²) >= 11 is 1.29. The predicted molar refractivity (Wildman–Crippen MR) is 92.2 cm³/mol. The molecule has 3 aromatic rings. The van der Waals surface area contributed by atoms with Crippen LogP contribution in [0.4, 0.5) is 0 Å². The van der Waals surface area contributed by atoms with Crippen molar-refractivity contribution in [3.8, 4) is 23.0 Å². The molecule has 7 heteroatoms. The van der Waals surface area contributed by atoms with E-state index in [-0.39, 0.29) is 11.5 Å². The largest absolute Gasteiger partial charge is 0.486 e. The third kappa shape index (κ3) is 3.51. The molecule has 0 radical (unpaired) electrons. The summed E-state index contributed by atoms with van der Waals surface area (Å²) in [7, 11) is 0. The van der Waals surface area contributed by atoms with Crippen molar-refractivity contribution in [2.24, 2.45) is 0 Å². The standard InChI is InChI=1S/C18H14N2O4S/c21-14(12-3-4-16-17(10-12)24-9-8-23-16)11-25-18-19-6-5-13(20-18)15-2-1-7-22-15/h1-7,10H,8-9,11H2. The highest BCUT2D eigenvalue weighted by Crippen LogP contribution is 2.31. The maximum Gasteiger partial charge on any atom is 0.188 e. The van der Waals surface area contributed by atoms with E-state index in [1.54, 1.807) is 42.8 Å². The van der Waals surface area contributed by atoms with Gasteiger partial charge in [-0.25, -0.2) is 9.97 Å². The van der Waals surface area contributed by atoms with Crippen molar-refractivity contribution in [2.75, 3.05) is 19.0 Å². The minimum absolute atomic E-state index is 0.0195. The number of ether oxygens (including phenoxy) is 2. The molecule has 0 fully saturated rings. The molecule has 1 aliphatic rings. The Hall–Kier alpha value is -2.80. The number of Topliss-reactive ketones (excluding diaryl/α,β-unsaturated/α-hetero) is 1. The normalized spacial score (nSPS) is 12.8. The number of carbonyl (C=O) groups is 1. The molecule has 0 amide bonds. The summed E-state index contributed by atoms with van der Waals surface area (Å²) < 4.78 is 16.3. The van der Waals surface area contributed by atoms with Crippen LogP contribution in [0, 0.1) is 0 Å². The molecular formula is C18H14N2O4S. The lowest BCUT2D eigenvalue weighted by Crippen LogP contribution is -2.16. The van der Waals surface area contributed by atoms with Crippen LogP contribution in [0.2, 0.25) is 0 Å². The van der Waals surface area contributed by atoms with Gasteiger partial charge in [0.25, 0.3) is 0 Å². The Balaban J connectivity index is 1.44.